The molecule has 8 heteroatoms. The maximum absolute atomic E-state index is 6.12. The van der Waals surface area contributed by atoms with Crippen LogP contribution in [0.4, 0.5) is 11.8 Å². The Morgan fingerprint density at radius 2 is 2.08 bits per heavy atom. The van der Waals surface area contributed by atoms with Crippen LogP contribution in [0.25, 0.3) is 22.5 Å². The van der Waals surface area contributed by atoms with E-state index in [-0.39, 0.29) is 12.0 Å². The molecule has 2 heterocycles. The smallest absolute Gasteiger partial charge is 0.220 e. The lowest BCUT2D eigenvalue weighted by Gasteiger charge is -2.14. The molecule has 3 rings (SSSR count). The minimum Gasteiger partial charge on any atom is -0.383 e. The maximum atomic E-state index is 6.12. The highest BCUT2D eigenvalue weighted by Gasteiger charge is 2.14. The predicted molar refractivity (Wildman–Crippen MR) is 103 cm³/mol. The fourth-order valence-corrected chi connectivity index (χ4v) is 2.76. The first-order valence-electron chi connectivity index (χ1n) is 8.03. The van der Waals surface area contributed by atoms with Crippen LogP contribution in [0.15, 0.2) is 42.9 Å². The lowest BCUT2D eigenvalue weighted by Crippen LogP contribution is -2.21. The standard InChI is InChI=1S/C18H19ClN6O/c1-11(9-26-2)24-16-7-15(22-10-23-16)17-14(8-21-18(20)25-17)12-4-3-5-13(19)6-12/h3-8,10-11H,9H2,1-2H3,(H2,20,21,25)(H,22,23,24). The highest BCUT2D eigenvalue weighted by atomic mass is 35.5. The molecule has 0 aliphatic carbocycles. The number of anilines is 2. The van der Waals surface area contributed by atoms with Crippen LogP contribution in [0.1, 0.15) is 6.92 Å². The van der Waals surface area contributed by atoms with E-state index < -0.39 is 0 Å². The Balaban J connectivity index is 2.02. The summed E-state index contributed by atoms with van der Waals surface area (Å²) in [5.74, 6) is 0.848. The number of nitrogens with zero attached hydrogens (tertiary/aromatic N) is 4. The normalized spacial score (nSPS) is 12.0. The van der Waals surface area contributed by atoms with Gasteiger partial charge in [-0.3, -0.25) is 0 Å². The minimum atomic E-state index is 0.102. The van der Waals surface area contributed by atoms with E-state index in [1.165, 1.54) is 6.33 Å². The lowest BCUT2D eigenvalue weighted by atomic mass is 10.0. The molecular weight excluding hydrogens is 352 g/mol. The quantitative estimate of drug-likeness (QED) is 0.686. The number of aromatic nitrogens is 4. The summed E-state index contributed by atoms with van der Waals surface area (Å²) in [5.41, 5.74) is 8.73. The summed E-state index contributed by atoms with van der Waals surface area (Å²) in [7, 11) is 1.66. The van der Waals surface area contributed by atoms with Crippen molar-refractivity contribution >= 4 is 23.4 Å². The van der Waals surface area contributed by atoms with Gasteiger partial charge in [0.2, 0.25) is 5.95 Å². The van der Waals surface area contributed by atoms with Gasteiger partial charge in [-0.25, -0.2) is 19.9 Å². The monoisotopic (exact) mass is 370 g/mol. The third-order valence-corrected chi connectivity index (χ3v) is 3.90. The molecule has 0 radical (unpaired) electrons. The second-order valence-corrected chi connectivity index (χ2v) is 6.23. The third kappa shape index (κ3) is 4.25. The second kappa shape index (κ2) is 8.07. The number of nitrogens with two attached hydrogens (primary N) is 1. The van der Waals surface area contributed by atoms with Gasteiger partial charge in [0.05, 0.1) is 12.3 Å². The summed E-state index contributed by atoms with van der Waals surface area (Å²) in [4.78, 5) is 17.1. The molecule has 1 unspecified atom stereocenters. The van der Waals surface area contributed by atoms with Gasteiger partial charge in [-0.2, -0.15) is 0 Å². The van der Waals surface area contributed by atoms with Gasteiger partial charge in [-0.1, -0.05) is 23.7 Å². The van der Waals surface area contributed by atoms with Crippen LogP contribution in [0.5, 0.6) is 0 Å². The largest absolute Gasteiger partial charge is 0.383 e. The number of ether oxygens (including phenoxy) is 1. The molecular formula is C18H19ClN6O. The van der Waals surface area contributed by atoms with E-state index in [4.69, 9.17) is 22.1 Å². The molecule has 0 spiro atoms. The number of rotatable bonds is 6. The fraction of sp³-hybridized carbons (Fsp3) is 0.222. The van der Waals surface area contributed by atoms with Gasteiger partial charge in [-0.05, 0) is 24.6 Å². The zero-order valence-corrected chi connectivity index (χ0v) is 15.2. The number of nitrogens with one attached hydrogen (secondary N) is 1. The van der Waals surface area contributed by atoms with Gasteiger partial charge in [0, 0.05) is 36.0 Å². The first kappa shape index (κ1) is 18.0. The van der Waals surface area contributed by atoms with E-state index in [2.05, 4.69) is 25.3 Å². The Labute approximate surface area is 156 Å². The van der Waals surface area contributed by atoms with Crippen LogP contribution < -0.4 is 11.1 Å². The Hall–Kier alpha value is -2.77. The highest BCUT2D eigenvalue weighted by Crippen LogP contribution is 2.31. The zero-order chi connectivity index (χ0) is 18.5. The summed E-state index contributed by atoms with van der Waals surface area (Å²) < 4.78 is 5.14. The Morgan fingerprint density at radius 1 is 1.23 bits per heavy atom. The van der Waals surface area contributed by atoms with Crippen molar-refractivity contribution in [3.8, 4) is 22.5 Å². The number of hydrogen-bond acceptors (Lipinski definition) is 7. The number of hydrogen-bond donors (Lipinski definition) is 2. The van der Waals surface area contributed by atoms with E-state index >= 15 is 0 Å². The molecule has 0 aliphatic heterocycles. The summed E-state index contributed by atoms with van der Waals surface area (Å²) >= 11 is 6.12. The van der Waals surface area contributed by atoms with Gasteiger partial charge in [0.1, 0.15) is 17.8 Å². The molecule has 7 nitrogen and oxygen atoms in total. The second-order valence-electron chi connectivity index (χ2n) is 5.79. The predicted octanol–water partition coefficient (Wildman–Crippen LogP) is 3.28. The summed E-state index contributed by atoms with van der Waals surface area (Å²) in [6.45, 7) is 2.57. The summed E-state index contributed by atoms with van der Waals surface area (Å²) in [6, 6.07) is 9.39. The number of methoxy groups -OCH3 is 1. The molecule has 1 atom stereocenters. The molecule has 0 saturated carbocycles. The molecule has 1 aromatic carbocycles. The Morgan fingerprint density at radius 3 is 2.85 bits per heavy atom. The van der Waals surface area contributed by atoms with Gasteiger partial charge in [-0.15, -0.1) is 0 Å². The Bertz CT molecular complexity index is 904. The summed E-state index contributed by atoms with van der Waals surface area (Å²) in [5, 5.41) is 3.89. The molecule has 3 aromatic rings. The van der Waals surface area contributed by atoms with Crippen LogP contribution in [-0.4, -0.2) is 39.7 Å². The van der Waals surface area contributed by atoms with Crippen molar-refractivity contribution in [2.45, 2.75) is 13.0 Å². The van der Waals surface area contributed by atoms with E-state index in [1.807, 2.05) is 37.3 Å². The fourth-order valence-electron chi connectivity index (χ4n) is 2.57. The van der Waals surface area contributed by atoms with Gasteiger partial charge >= 0.3 is 0 Å². The molecule has 0 aliphatic rings. The van der Waals surface area contributed by atoms with E-state index in [0.717, 1.165) is 11.1 Å². The molecule has 0 saturated heterocycles. The van der Waals surface area contributed by atoms with Gasteiger partial charge < -0.3 is 15.8 Å². The van der Waals surface area contributed by atoms with Crippen molar-refractivity contribution in [1.82, 2.24) is 19.9 Å². The van der Waals surface area contributed by atoms with Crippen molar-refractivity contribution in [2.75, 3.05) is 24.8 Å². The molecule has 2 aromatic heterocycles. The lowest BCUT2D eigenvalue weighted by molar-refractivity contribution is 0.190. The minimum absolute atomic E-state index is 0.102. The number of benzene rings is 1. The van der Waals surface area contributed by atoms with E-state index in [1.54, 1.807) is 13.3 Å². The first-order valence-corrected chi connectivity index (χ1v) is 8.41. The van der Waals surface area contributed by atoms with Crippen molar-refractivity contribution in [2.24, 2.45) is 0 Å². The van der Waals surface area contributed by atoms with Crippen molar-refractivity contribution in [3.63, 3.8) is 0 Å². The highest BCUT2D eigenvalue weighted by molar-refractivity contribution is 6.30. The van der Waals surface area contributed by atoms with Crippen LogP contribution in [0.3, 0.4) is 0 Å². The summed E-state index contributed by atoms with van der Waals surface area (Å²) in [6.07, 6.45) is 3.16. The van der Waals surface area contributed by atoms with Crippen LogP contribution in [0.2, 0.25) is 5.02 Å². The average molecular weight is 371 g/mol. The SMILES string of the molecule is COCC(C)Nc1cc(-c2nc(N)ncc2-c2cccc(Cl)c2)ncn1. The number of nitrogen functional groups attached to an aromatic ring is 1. The van der Waals surface area contributed by atoms with Gasteiger partial charge in [0.15, 0.2) is 0 Å². The van der Waals surface area contributed by atoms with Crippen molar-refractivity contribution in [3.05, 3.63) is 47.9 Å². The number of halogens is 1. The van der Waals surface area contributed by atoms with Crippen LogP contribution in [0, 0.1) is 0 Å². The van der Waals surface area contributed by atoms with E-state index in [9.17, 15) is 0 Å². The first-order chi connectivity index (χ1) is 12.6. The molecule has 26 heavy (non-hydrogen) atoms. The van der Waals surface area contributed by atoms with Crippen molar-refractivity contribution < 1.29 is 4.74 Å². The van der Waals surface area contributed by atoms with Crippen LogP contribution >= 0.6 is 11.6 Å². The van der Waals surface area contributed by atoms with Crippen LogP contribution in [-0.2, 0) is 4.74 Å². The topological polar surface area (TPSA) is 98.8 Å². The molecule has 3 N–H and O–H groups in total. The molecule has 0 bridgehead atoms. The van der Waals surface area contributed by atoms with Gasteiger partial charge in [0.25, 0.3) is 0 Å². The molecule has 134 valence electrons. The third-order valence-electron chi connectivity index (χ3n) is 3.66. The van der Waals surface area contributed by atoms with Crippen molar-refractivity contribution in [1.29, 1.82) is 0 Å². The maximum Gasteiger partial charge on any atom is 0.220 e. The molecule has 0 amide bonds. The zero-order valence-electron chi connectivity index (χ0n) is 14.5. The molecule has 0 fully saturated rings. The Kier molecular flexibility index (Phi) is 5.60. The average Bonchev–Trinajstić information content (AvgIpc) is 2.62. The van der Waals surface area contributed by atoms with E-state index in [0.29, 0.717) is 28.8 Å².